The molecule has 0 aromatic heterocycles. The highest BCUT2D eigenvalue weighted by molar-refractivity contribution is 5.72. The average molecular weight is 288 g/mol. The Bertz CT molecular complexity index is 753. The molecule has 0 atom stereocenters. The van der Waals surface area contributed by atoms with Crippen LogP contribution in [0.4, 0.5) is 0 Å². The van der Waals surface area contributed by atoms with Crippen LogP contribution in [0, 0.1) is 77.8 Å². The number of nitriles is 4. The Balaban J connectivity index is 1.97. The van der Waals surface area contributed by atoms with E-state index in [0.717, 1.165) is 0 Å². The topological polar surface area (TPSA) is 95.2 Å². The summed E-state index contributed by atoms with van der Waals surface area (Å²) in [5.41, 5.74) is -0.366. The molecule has 0 spiro atoms. The summed E-state index contributed by atoms with van der Waals surface area (Å²) in [6.45, 7) is 8.99. The summed E-state index contributed by atoms with van der Waals surface area (Å²) in [4.78, 5) is 0. The molecule has 108 valence electrons. The molecule has 4 heteroatoms. The van der Waals surface area contributed by atoms with Crippen LogP contribution in [0.5, 0.6) is 0 Å². The van der Waals surface area contributed by atoms with Crippen molar-refractivity contribution in [2.75, 3.05) is 0 Å². The summed E-state index contributed by atoms with van der Waals surface area (Å²) >= 11 is 0. The molecule has 0 heterocycles. The van der Waals surface area contributed by atoms with Gasteiger partial charge < -0.3 is 0 Å². The first-order valence-electron chi connectivity index (χ1n) is 7.56. The average Bonchev–Trinajstić information content (AvgIpc) is 3.08. The van der Waals surface area contributed by atoms with Crippen LogP contribution in [0.1, 0.15) is 40.5 Å². The molecule has 0 saturated heterocycles. The van der Waals surface area contributed by atoms with Gasteiger partial charge in [-0.15, -0.1) is 0 Å². The van der Waals surface area contributed by atoms with Crippen LogP contribution in [-0.2, 0) is 0 Å². The van der Waals surface area contributed by atoms with E-state index in [0.29, 0.717) is 0 Å². The second kappa shape index (κ2) is 2.81. The third-order valence-electron chi connectivity index (χ3n) is 8.82. The fourth-order valence-electron chi connectivity index (χ4n) is 6.99. The van der Waals surface area contributed by atoms with Crippen molar-refractivity contribution in [2.45, 2.75) is 40.5 Å². The van der Waals surface area contributed by atoms with Gasteiger partial charge in [-0.2, -0.15) is 21.0 Å². The third kappa shape index (κ3) is 0.672. The molecule has 0 aromatic carbocycles. The highest BCUT2D eigenvalue weighted by Gasteiger charge is 3.09. The number of hydrogen-bond donors (Lipinski definition) is 0. The first kappa shape index (κ1) is 13.4. The lowest BCUT2D eigenvalue weighted by Crippen LogP contribution is -2.42. The van der Waals surface area contributed by atoms with Gasteiger partial charge in [0, 0.05) is 23.7 Å². The largest absolute Gasteiger partial charge is 0.196 e. The van der Waals surface area contributed by atoms with Crippen LogP contribution in [0.3, 0.4) is 0 Å². The van der Waals surface area contributed by atoms with Crippen molar-refractivity contribution < 1.29 is 0 Å². The molecule has 22 heavy (non-hydrogen) atoms. The molecule has 5 rings (SSSR count). The first-order valence-corrected chi connectivity index (χ1v) is 7.56. The van der Waals surface area contributed by atoms with Crippen molar-refractivity contribution in [3.8, 4) is 24.3 Å². The molecule has 0 N–H and O–H groups in total. The summed E-state index contributed by atoms with van der Waals surface area (Å²) < 4.78 is 0. The van der Waals surface area contributed by atoms with E-state index >= 15 is 0 Å². The second-order valence-corrected chi connectivity index (χ2v) is 8.07. The summed E-state index contributed by atoms with van der Waals surface area (Å²) in [5, 5.41) is 38.6. The maximum Gasteiger partial charge on any atom is 0.179 e. The molecular weight excluding hydrogens is 272 g/mol. The Hall–Kier alpha value is -2.30. The Morgan fingerprint density at radius 3 is 1.14 bits per heavy atom. The van der Waals surface area contributed by atoms with Crippen molar-refractivity contribution in [2.24, 2.45) is 32.5 Å². The third-order valence-corrected chi connectivity index (χ3v) is 8.82. The van der Waals surface area contributed by atoms with Crippen LogP contribution >= 0.6 is 0 Å². The molecule has 0 radical (unpaired) electrons. The molecule has 0 aromatic rings. The Morgan fingerprint density at radius 2 is 0.909 bits per heavy atom. The standard InChI is InChI=1S/C18H16N4/c1-13-11-5-17(7-19,8-20)18(9-21,10-22)6-12(11)14(2)15(13,3)16(13,14)4/h5-6H2,1-4H3. The van der Waals surface area contributed by atoms with Gasteiger partial charge in [0.2, 0.25) is 0 Å². The Morgan fingerprint density at radius 1 is 0.636 bits per heavy atom. The SMILES string of the molecule is CC12C3=C(CC(C#N)(C#N)C(C#N)(C#N)C3)C3(C)C1(C)C23C. The predicted molar refractivity (Wildman–Crippen MR) is 76.0 cm³/mol. The summed E-state index contributed by atoms with van der Waals surface area (Å²) in [7, 11) is 0. The molecule has 2 saturated carbocycles. The molecule has 5 aliphatic rings. The van der Waals surface area contributed by atoms with Crippen LogP contribution in [-0.4, -0.2) is 0 Å². The van der Waals surface area contributed by atoms with Gasteiger partial charge in [-0.1, -0.05) is 38.8 Å². The summed E-state index contributed by atoms with van der Waals surface area (Å²) in [6.07, 6.45) is 0.488. The van der Waals surface area contributed by atoms with E-state index in [1.165, 1.54) is 11.1 Å². The Labute approximate surface area is 130 Å². The van der Waals surface area contributed by atoms with E-state index in [9.17, 15) is 21.0 Å². The monoisotopic (exact) mass is 288 g/mol. The highest BCUT2D eigenvalue weighted by atomic mass is 15.1. The van der Waals surface area contributed by atoms with Crippen LogP contribution in [0.25, 0.3) is 0 Å². The van der Waals surface area contributed by atoms with E-state index in [1.54, 1.807) is 0 Å². The highest BCUT2D eigenvalue weighted by Crippen LogP contribution is 3.13. The summed E-state index contributed by atoms with van der Waals surface area (Å²) in [6, 6.07) is 8.14. The predicted octanol–water partition coefficient (Wildman–Crippen LogP) is 3.21. The first-order chi connectivity index (χ1) is 10.2. The van der Waals surface area contributed by atoms with E-state index < -0.39 is 10.8 Å². The zero-order valence-corrected chi connectivity index (χ0v) is 13.2. The lowest BCUT2D eigenvalue weighted by molar-refractivity contribution is 0.245. The Kier molecular flexibility index (Phi) is 1.70. The van der Waals surface area contributed by atoms with Crippen molar-refractivity contribution in [1.82, 2.24) is 0 Å². The number of hydrogen-bond acceptors (Lipinski definition) is 4. The molecule has 2 fully saturated rings. The minimum absolute atomic E-state index is 0.0279. The zero-order chi connectivity index (χ0) is 16.4. The zero-order valence-electron chi connectivity index (χ0n) is 13.2. The van der Waals surface area contributed by atoms with Gasteiger partial charge in [0.15, 0.2) is 10.8 Å². The second-order valence-electron chi connectivity index (χ2n) is 8.07. The fraction of sp³-hybridized carbons (Fsp3) is 0.667. The maximum absolute atomic E-state index is 9.65. The molecule has 0 amide bonds. The van der Waals surface area contributed by atoms with Crippen molar-refractivity contribution in [3.63, 3.8) is 0 Å². The van der Waals surface area contributed by atoms with E-state index in [4.69, 9.17) is 0 Å². The smallest absolute Gasteiger partial charge is 0.179 e. The van der Waals surface area contributed by atoms with Crippen LogP contribution < -0.4 is 0 Å². The minimum atomic E-state index is -1.56. The number of rotatable bonds is 0. The number of allylic oxidation sites excluding steroid dienone is 2. The van der Waals surface area contributed by atoms with Gasteiger partial charge in [0.25, 0.3) is 0 Å². The van der Waals surface area contributed by atoms with Gasteiger partial charge >= 0.3 is 0 Å². The molecule has 0 unspecified atom stereocenters. The summed E-state index contributed by atoms with van der Waals surface area (Å²) in [5.74, 6) is 0. The van der Waals surface area contributed by atoms with Crippen LogP contribution in [0.2, 0.25) is 0 Å². The van der Waals surface area contributed by atoms with Gasteiger partial charge in [0.05, 0.1) is 24.3 Å². The lowest BCUT2D eigenvalue weighted by Gasteiger charge is -2.37. The van der Waals surface area contributed by atoms with Gasteiger partial charge in [-0.05, 0) is 10.8 Å². The van der Waals surface area contributed by atoms with E-state index in [2.05, 4.69) is 27.7 Å². The van der Waals surface area contributed by atoms with Crippen molar-refractivity contribution >= 4 is 0 Å². The normalized spacial score (nSPS) is 50.5. The molecular formula is C18H16N4. The lowest BCUT2D eigenvalue weighted by atomic mass is 9.56. The van der Waals surface area contributed by atoms with Crippen molar-refractivity contribution in [3.05, 3.63) is 11.1 Å². The number of nitrogens with zero attached hydrogens (tertiary/aromatic N) is 4. The minimum Gasteiger partial charge on any atom is -0.196 e. The maximum atomic E-state index is 9.65. The molecule has 5 aliphatic carbocycles. The molecule has 0 aliphatic heterocycles. The van der Waals surface area contributed by atoms with Gasteiger partial charge in [-0.25, -0.2) is 0 Å². The van der Waals surface area contributed by atoms with Gasteiger partial charge in [-0.3, -0.25) is 0 Å². The molecule has 4 nitrogen and oxygen atoms in total. The van der Waals surface area contributed by atoms with E-state index in [1.807, 2.05) is 24.3 Å². The van der Waals surface area contributed by atoms with Crippen LogP contribution in [0.15, 0.2) is 11.1 Å². The quantitative estimate of drug-likeness (QED) is 0.639. The van der Waals surface area contributed by atoms with E-state index in [-0.39, 0.29) is 34.5 Å². The van der Waals surface area contributed by atoms with Crippen molar-refractivity contribution in [1.29, 1.82) is 21.0 Å². The fourth-order valence-corrected chi connectivity index (χ4v) is 6.99. The molecule has 2 bridgehead atoms. The van der Waals surface area contributed by atoms with Gasteiger partial charge in [0.1, 0.15) is 0 Å².